The molecule has 0 aromatic carbocycles. The molecule has 27 heavy (non-hydrogen) atoms. The Balaban J connectivity index is 1.70. The molecule has 2 atom stereocenters. The molecule has 3 heterocycles. The fourth-order valence-electron chi connectivity index (χ4n) is 3.77. The van der Waals surface area contributed by atoms with E-state index in [1.54, 1.807) is 23.7 Å². The normalized spacial score (nSPS) is 16.4. The molecule has 3 aromatic rings. The molecule has 3 aromatic heterocycles. The molecule has 1 N–H and O–H groups in total. The fourth-order valence-corrected chi connectivity index (χ4v) is 4.86. The van der Waals surface area contributed by atoms with E-state index in [4.69, 9.17) is 8.83 Å². The minimum Gasteiger partial charge on any atom is -0.507 e. The van der Waals surface area contributed by atoms with Gasteiger partial charge in [-0.25, -0.2) is 4.79 Å². The van der Waals surface area contributed by atoms with Crippen LogP contribution in [0.3, 0.4) is 0 Å². The lowest BCUT2D eigenvalue weighted by molar-refractivity contribution is 0.370. The van der Waals surface area contributed by atoms with E-state index in [1.165, 1.54) is 4.88 Å². The van der Waals surface area contributed by atoms with Crippen molar-refractivity contribution in [2.45, 2.75) is 51.4 Å². The van der Waals surface area contributed by atoms with Crippen LogP contribution in [0.15, 0.2) is 50.2 Å². The van der Waals surface area contributed by atoms with Crippen molar-refractivity contribution in [3.05, 3.63) is 73.9 Å². The molecule has 4 nitrogen and oxygen atoms in total. The molecule has 5 heteroatoms. The van der Waals surface area contributed by atoms with Crippen molar-refractivity contribution in [1.82, 2.24) is 0 Å². The summed E-state index contributed by atoms with van der Waals surface area (Å²) in [5, 5.41) is 10.8. The Morgan fingerprint density at radius 3 is 2.67 bits per heavy atom. The Labute approximate surface area is 162 Å². The van der Waals surface area contributed by atoms with Crippen molar-refractivity contribution in [3.63, 3.8) is 0 Å². The zero-order valence-corrected chi connectivity index (χ0v) is 16.4. The Hall–Kier alpha value is -2.27. The molecule has 142 valence electrons. The maximum atomic E-state index is 12.9. The zero-order chi connectivity index (χ0) is 19.0. The van der Waals surface area contributed by atoms with Gasteiger partial charge < -0.3 is 13.9 Å². The second-order valence-electron chi connectivity index (χ2n) is 7.39. The maximum absolute atomic E-state index is 12.9. The van der Waals surface area contributed by atoms with E-state index >= 15 is 0 Å². The van der Waals surface area contributed by atoms with Crippen LogP contribution in [0.4, 0.5) is 0 Å². The summed E-state index contributed by atoms with van der Waals surface area (Å²) < 4.78 is 11.2. The van der Waals surface area contributed by atoms with Gasteiger partial charge >= 0.3 is 5.63 Å². The number of hydrogen-bond donors (Lipinski definition) is 1. The predicted molar refractivity (Wildman–Crippen MR) is 106 cm³/mol. The summed E-state index contributed by atoms with van der Waals surface area (Å²) in [5.74, 6) is 1.76. The van der Waals surface area contributed by atoms with Crippen LogP contribution >= 0.6 is 11.3 Å². The summed E-state index contributed by atoms with van der Waals surface area (Å²) in [6, 6.07) is 9.55. The van der Waals surface area contributed by atoms with Crippen LogP contribution in [-0.2, 0) is 6.42 Å². The minimum atomic E-state index is -0.411. The molecule has 0 bridgehead atoms. The monoisotopic (exact) mass is 384 g/mol. The Morgan fingerprint density at radius 1 is 1.30 bits per heavy atom. The van der Waals surface area contributed by atoms with Gasteiger partial charge in [-0.1, -0.05) is 6.92 Å². The van der Waals surface area contributed by atoms with Crippen molar-refractivity contribution in [2.24, 2.45) is 5.92 Å². The molecule has 0 saturated heterocycles. The molecule has 1 aliphatic carbocycles. The van der Waals surface area contributed by atoms with E-state index in [9.17, 15) is 9.90 Å². The van der Waals surface area contributed by atoms with Crippen LogP contribution in [0, 0.1) is 12.8 Å². The van der Waals surface area contributed by atoms with Gasteiger partial charge in [0.25, 0.3) is 0 Å². The molecular formula is C22H24O4S. The molecular weight excluding hydrogens is 360 g/mol. The van der Waals surface area contributed by atoms with Crippen LogP contribution in [0.1, 0.15) is 64.9 Å². The minimum absolute atomic E-state index is 0.00726. The third-order valence-electron chi connectivity index (χ3n) is 5.38. The number of furan rings is 1. The molecule has 1 aliphatic rings. The lowest BCUT2D eigenvalue weighted by Gasteiger charge is -2.18. The third kappa shape index (κ3) is 3.74. The third-order valence-corrected chi connectivity index (χ3v) is 6.46. The fraction of sp³-hybridized carbons (Fsp3) is 0.409. The van der Waals surface area contributed by atoms with E-state index in [-0.39, 0.29) is 17.6 Å². The smallest absolute Gasteiger partial charge is 0.343 e. The van der Waals surface area contributed by atoms with Gasteiger partial charge in [0.15, 0.2) is 0 Å². The second kappa shape index (κ2) is 7.39. The van der Waals surface area contributed by atoms with Gasteiger partial charge in [-0.05, 0) is 56.4 Å². The lowest BCUT2D eigenvalue weighted by Crippen LogP contribution is -2.17. The average Bonchev–Trinajstić information content (AvgIpc) is 3.16. The summed E-state index contributed by atoms with van der Waals surface area (Å²) >= 11 is 1.69. The number of thiophene rings is 1. The van der Waals surface area contributed by atoms with Crippen molar-refractivity contribution in [1.29, 1.82) is 0 Å². The Bertz CT molecular complexity index is 963. The Morgan fingerprint density at radius 2 is 2.11 bits per heavy atom. The van der Waals surface area contributed by atoms with Gasteiger partial charge in [0.2, 0.25) is 0 Å². The van der Waals surface area contributed by atoms with E-state index in [0.717, 1.165) is 29.9 Å². The molecule has 0 aliphatic heterocycles. The SMILES string of the molecule is CCC(Cc1ccco1)c1cc(O)c(C(c2ccc(C)s2)C2CC2)c(=O)o1. The van der Waals surface area contributed by atoms with Crippen LogP contribution < -0.4 is 5.63 Å². The standard InChI is InChI=1S/C22H24O4S/c1-3-14(11-16-5-4-10-25-16)18-12-17(23)21(22(24)26-18)20(15-7-8-15)19-9-6-13(2)27-19/h4-6,9-10,12,14-15,20,23H,3,7-8,11H2,1-2H3. The largest absolute Gasteiger partial charge is 0.507 e. The molecule has 0 amide bonds. The van der Waals surface area contributed by atoms with E-state index in [1.807, 2.05) is 19.1 Å². The highest BCUT2D eigenvalue weighted by Gasteiger charge is 2.38. The highest BCUT2D eigenvalue weighted by atomic mass is 32.1. The summed E-state index contributed by atoms with van der Waals surface area (Å²) in [7, 11) is 0. The first-order valence-corrected chi connectivity index (χ1v) is 10.3. The number of aromatic hydroxyl groups is 1. The molecule has 4 rings (SSSR count). The van der Waals surface area contributed by atoms with E-state index in [0.29, 0.717) is 23.7 Å². The van der Waals surface area contributed by atoms with E-state index < -0.39 is 5.63 Å². The highest BCUT2D eigenvalue weighted by Crippen LogP contribution is 2.49. The summed E-state index contributed by atoms with van der Waals surface area (Å²) in [6.45, 7) is 4.10. The van der Waals surface area contributed by atoms with Crippen molar-refractivity contribution in [2.75, 3.05) is 0 Å². The summed E-state index contributed by atoms with van der Waals surface area (Å²) in [6.07, 6.45) is 5.23. The average molecular weight is 384 g/mol. The van der Waals surface area contributed by atoms with Crippen molar-refractivity contribution in [3.8, 4) is 5.75 Å². The quantitative estimate of drug-likeness (QED) is 0.577. The van der Waals surface area contributed by atoms with E-state index in [2.05, 4.69) is 19.1 Å². The summed E-state index contributed by atoms with van der Waals surface area (Å²) in [4.78, 5) is 15.2. The number of aryl methyl sites for hydroxylation is 1. The van der Waals surface area contributed by atoms with Gasteiger partial charge in [0.05, 0.1) is 11.8 Å². The number of hydrogen-bond acceptors (Lipinski definition) is 5. The zero-order valence-electron chi connectivity index (χ0n) is 15.6. The van der Waals surface area contributed by atoms with Crippen molar-refractivity contribution >= 4 is 11.3 Å². The van der Waals surface area contributed by atoms with Gasteiger partial charge in [0, 0.05) is 34.1 Å². The van der Waals surface area contributed by atoms with Crippen LogP contribution in [0.5, 0.6) is 5.75 Å². The van der Waals surface area contributed by atoms with Crippen LogP contribution in [0.25, 0.3) is 0 Å². The van der Waals surface area contributed by atoms with Crippen LogP contribution in [-0.4, -0.2) is 5.11 Å². The lowest BCUT2D eigenvalue weighted by atomic mass is 9.91. The first kappa shape index (κ1) is 18.1. The topological polar surface area (TPSA) is 63.6 Å². The first-order valence-electron chi connectivity index (χ1n) is 9.52. The van der Waals surface area contributed by atoms with Crippen LogP contribution in [0.2, 0.25) is 0 Å². The summed E-state index contributed by atoms with van der Waals surface area (Å²) in [5.41, 5.74) is 0.00167. The Kier molecular flexibility index (Phi) is 4.96. The predicted octanol–water partition coefficient (Wildman–Crippen LogP) is 5.59. The molecule has 0 radical (unpaired) electrons. The molecule has 1 saturated carbocycles. The maximum Gasteiger partial charge on any atom is 0.343 e. The van der Waals surface area contributed by atoms with Gasteiger partial charge in [-0.3, -0.25) is 0 Å². The highest BCUT2D eigenvalue weighted by molar-refractivity contribution is 7.12. The molecule has 1 fully saturated rings. The van der Waals surface area contributed by atoms with Gasteiger partial charge in [-0.15, -0.1) is 11.3 Å². The number of rotatable bonds is 7. The first-order chi connectivity index (χ1) is 13.1. The molecule has 0 spiro atoms. The van der Waals surface area contributed by atoms with Crippen molar-refractivity contribution < 1.29 is 13.9 Å². The second-order valence-corrected chi connectivity index (χ2v) is 8.71. The van der Waals surface area contributed by atoms with Gasteiger partial charge in [-0.2, -0.15) is 0 Å². The van der Waals surface area contributed by atoms with Gasteiger partial charge in [0.1, 0.15) is 17.3 Å². The molecule has 2 unspecified atom stereocenters.